The maximum absolute atomic E-state index is 12.3. The van der Waals surface area contributed by atoms with E-state index >= 15 is 0 Å². The first-order valence-electron chi connectivity index (χ1n) is 7.95. The van der Waals surface area contributed by atoms with Gasteiger partial charge in [-0.2, -0.15) is 21.5 Å². The van der Waals surface area contributed by atoms with Gasteiger partial charge < -0.3 is 19.2 Å². The highest BCUT2D eigenvalue weighted by molar-refractivity contribution is 7.40. The van der Waals surface area contributed by atoms with Crippen molar-refractivity contribution in [3.05, 3.63) is 91.0 Å². The van der Waals surface area contributed by atoms with Crippen LogP contribution in [0.2, 0.25) is 0 Å². The third-order valence-electron chi connectivity index (χ3n) is 2.97. The van der Waals surface area contributed by atoms with Crippen LogP contribution in [0.4, 0.5) is 13.2 Å². The summed E-state index contributed by atoms with van der Waals surface area (Å²) in [5.41, 5.74) is 0. The van der Waals surface area contributed by atoms with Crippen molar-refractivity contribution in [2.45, 2.75) is 0 Å². The van der Waals surface area contributed by atoms with Gasteiger partial charge in [0.05, 0.1) is 0 Å². The van der Waals surface area contributed by atoms with E-state index in [-0.39, 0.29) is 17.8 Å². The van der Waals surface area contributed by atoms with Crippen LogP contribution in [0.1, 0.15) is 0 Å². The Hall–Kier alpha value is -2.65. The smallest absolute Gasteiger partial charge is 0.359 e. The summed E-state index contributed by atoms with van der Waals surface area (Å²) in [6, 6.07) is 14.6. The van der Waals surface area contributed by atoms with Gasteiger partial charge >= 0.3 is 17.8 Å². The summed E-state index contributed by atoms with van der Waals surface area (Å²) in [6.45, 7) is 0. The summed E-state index contributed by atoms with van der Waals surface area (Å²) in [4.78, 5) is 25.6. The molecule has 0 aliphatic rings. The Labute approximate surface area is 166 Å². The lowest BCUT2D eigenvalue weighted by Gasteiger charge is -2.36. The summed E-state index contributed by atoms with van der Waals surface area (Å²) < 4.78 is 49.6. The molecule has 11 heteroatoms. The monoisotopic (exact) mass is 431 g/mol. The molecule has 3 aromatic rings. The molecule has 7 nitrogen and oxygen atoms in total. The van der Waals surface area contributed by atoms with Crippen molar-refractivity contribution in [3.63, 3.8) is 0 Å². The molecule has 3 heterocycles. The zero-order valence-corrected chi connectivity index (χ0v) is 16.9. The van der Waals surface area contributed by atoms with Crippen molar-refractivity contribution in [1.29, 1.82) is 0 Å². The van der Waals surface area contributed by atoms with Gasteiger partial charge in [-0.3, -0.25) is 0 Å². The van der Waals surface area contributed by atoms with Crippen LogP contribution in [0.15, 0.2) is 73.2 Å². The first-order valence-corrected chi connectivity index (χ1v) is 9.41. The lowest BCUT2D eigenvalue weighted by molar-refractivity contribution is -0.700. The lowest BCUT2D eigenvalue weighted by atomic mass is 10.5. The number of halogens is 3. The van der Waals surface area contributed by atoms with Crippen molar-refractivity contribution in [2.24, 2.45) is 21.1 Å². The Morgan fingerprint density at radius 3 is 0.931 bits per heavy atom. The Morgan fingerprint density at radius 1 is 0.621 bits per heavy atom. The molecule has 0 spiro atoms. The minimum Gasteiger partial charge on any atom is -0.822 e. The average Bonchev–Trinajstić information content (AvgIpc) is 2.62. The second kappa shape index (κ2) is 13.5. The Kier molecular flexibility index (Phi) is 12.3. The molecule has 0 aliphatic carbocycles. The fraction of sp³-hybridized carbons (Fsp3) is 0.167. The maximum Gasteiger partial charge on any atom is 0.359 e. The minimum atomic E-state index is -5.39. The fourth-order valence-corrected chi connectivity index (χ4v) is 1.51. The quantitative estimate of drug-likeness (QED) is 0.263. The topological polar surface area (TPSA) is 97.9 Å². The van der Waals surface area contributed by atoms with Crippen LogP contribution in [0.3, 0.4) is 0 Å². The van der Waals surface area contributed by atoms with Gasteiger partial charge in [0.2, 0.25) is 0 Å². The van der Waals surface area contributed by atoms with E-state index in [0.29, 0.717) is 0 Å². The molecule has 0 atom stereocenters. The molecule has 0 aromatic carbocycles. The van der Waals surface area contributed by atoms with E-state index in [1.807, 2.05) is 0 Å². The highest BCUT2D eigenvalue weighted by atomic mass is 31.2. The Morgan fingerprint density at radius 2 is 0.828 bits per heavy atom. The normalized spacial score (nSPS) is 9.69. The van der Waals surface area contributed by atoms with Crippen LogP contribution in [-0.2, 0) is 25.7 Å². The maximum atomic E-state index is 12.3. The highest BCUT2D eigenvalue weighted by Crippen LogP contribution is 2.03. The summed E-state index contributed by atoms with van der Waals surface area (Å²) in [5.74, 6) is -0.646. The molecule has 0 bridgehead atoms. The molecule has 0 fully saturated rings. The van der Waals surface area contributed by atoms with Crippen LogP contribution < -0.4 is 28.4 Å². The molecule has 0 unspecified atom stereocenters. The molecule has 0 amide bonds. The van der Waals surface area contributed by atoms with Gasteiger partial charge in [0.1, 0.15) is 21.1 Å². The predicted octanol–water partition coefficient (Wildman–Crippen LogP) is -0.874. The second-order valence-corrected chi connectivity index (χ2v) is 6.24. The van der Waals surface area contributed by atoms with Crippen molar-refractivity contribution >= 4 is 7.82 Å². The predicted molar refractivity (Wildman–Crippen MR) is 90.3 cm³/mol. The van der Waals surface area contributed by atoms with Gasteiger partial charge in [-0.1, -0.05) is 0 Å². The molecular weight excluding hydrogens is 410 g/mol. The number of rotatable bonds is 0. The Balaban J connectivity index is 0.000000367. The number of aromatic nitrogens is 3. The minimum absolute atomic E-state index is 0.215. The van der Waals surface area contributed by atoms with Gasteiger partial charge in [0, 0.05) is 36.4 Å². The number of hydrogen-bond acceptors (Lipinski definition) is 4. The summed E-state index contributed by atoms with van der Waals surface area (Å²) in [6.07, 6.45) is 4.99. The molecule has 0 N–H and O–H groups in total. The van der Waals surface area contributed by atoms with Crippen molar-refractivity contribution < 1.29 is 46.1 Å². The zero-order chi connectivity index (χ0) is 22.4. The number of nitrogens with zero attached hydrogens (tertiary/aromatic N) is 3. The third kappa shape index (κ3) is 15.0. The first-order chi connectivity index (χ1) is 13.4. The van der Waals surface area contributed by atoms with Crippen molar-refractivity contribution in [2.75, 3.05) is 0 Å². The second-order valence-electron chi connectivity index (χ2n) is 5.35. The van der Waals surface area contributed by atoms with Gasteiger partial charge in [-0.05, 0) is 18.2 Å². The van der Waals surface area contributed by atoms with E-state index in [1.54, 1.807) is 76.1 Å². The number of hydrogen-bond donors (Lipinski definition) is 0. The van der Waals surface area contributed by atoms with Crippen LogP contribution in [-0.4, -0.2) is 0 Å². The summed E-state index contributed by atoms with van der Waals surface area (Å²) in [7, 11) is -0.403. The molecule has 0 aliphatic heterocycles. The van der Waals surface area contributed by atoms with Crippen LogP contribution in [0, 0.1) is 17.8 Å². The van der Waals surface area contributed by atoms with Gasteiger partial charge in [-0.15, -0.1) is 13.2 Å². The average molecular weight is 431 g/mol. The fourth-order valence-electron chi connectivity index (χ4n) is 1.51. The number of aryl methyl sites for hydroxylation is 3. The highest BCUT2D eigenvalue weighted by Gasteiger charge is 1.98. The lowest BCUT2D eigenvalue weighted by Crippen LogP contribution is -2.31. The molecule has 3 rings (SSSR count). The molecule has 158 valence electrons. The molecule has 0 saturated heterocycles. The zero-order valence-electron chi connectivity index (χ0n) is 16.0. The molecular formula is C18H21F3N3O4P. The molecule has 3 aromatic heterocycles. The van der Waals surface area contributed by atoms with Gasteiger partial charge in [0.25, 0.3) is 0 Å². The van der Waals surface area contributed by atoms with E-state index in [0.717, 1.165) is 0 Å². The molecule has 0 saturated carbocycles. The van der Waals surface area contributed by atoms with Gasteiger partial charge in [0.15, 0.2) is 18.6 Å². The van der Waals surface area contributed by atoms with Crippen molar-refractivity contribution in [3.8, 4) is 0 Å². The van der Waals surface area contributed by atoms with E-state index in [2.05, 4.69) is 0 Å². The summed E-state index contributed by atoms with van der Waals surface area (Å²) in [5, 5.41) is 0. The Bertz CT molecular complexity index is 751. The number of pyridine rings is 3. The van der Waals surface area contributed by atoms with E-state index in [1.165, 1.54) is 31.9 Å². The molecule has 0 radical (unpaired) electrons. The van der Waals surface area contributed by atoms with Crippen LogP contribution in [0.5, 0.6) is 0 Å². The van der Waals surface area contributed by atoms with E-state index in [4.69, 9.17) is 19.2 Å². The number of phosphoric acid groups is 1. The van der Waals surface area contributed by atoms with Gasteiger partial charge in [-0.25, -0.2) is 0 Å². The van der Waals surface area contributed by atoms with Crippen LogP contribution >= 0.6 is 7.82 Å². The van der Waals surface area contributed by atoms with E-state index in [9.17, 15) is 13.2 Å². The SMILES string of the molecule is C[n+]1ccccc1F.C[n+]1ccccc1F.C[n+]1ccccc1F.O=P([O-])([O-])[O-]. The van der Waals surface area contributed by atoms with E-state index < -0.39 is 7.82 Å². The first kappa shape index (κ1) is 26.4. The third-order valence-corrected chi connectivity index (χ3v) is 2.97. The molecule has 29 heavy (non-hydrogen) atoms. The summed E-state index contributed by atoms with van der Waals surface area (Å²) >= 11 is 0. The van der Waals surface area contributed by atoms with Crippen molar-refractivity contribution in [1.82, 2.24) is 0 Å². The van der Waals surface area contributed by atoms with Crippen LogP contribution in [0.25, 0.3) is 0 Å². The standard InChI is InChI=1S/3C6H7FN.H3O4P/c3*1-8-5-3-2-4-6(8)7;1-5(2,3)4/h3*2-5H,1H3;(H3,1,2,3,4)/q3*+1;/p-3. The largest absolute Gasteiger partial charge is 0.822 e.